The number of hydrogen-bond acceptors (Lipinski definition) is 5. The van der Waals surface area contributed by atoms with Crippen LogP contribution < -0.4 is 10.5 Å². The number of carbonyl (C=O) groups excluding carboxylic acids is 1. The summed E-state index contributed by atoms with van der Waals surface area (Å²) in [6.07, 6.45) is 0.676. The zero-order chi connectivity index (χ0) is 19.0. The summed E-state index contributed by atoms with van der Waals surface area (Å²) in [5.74, 6) is -0.381. The summed E-state index contributed by atoms with van der Waals surface area (Å²) < 4.78 is 32.9. The lowest BCUT2D eigenvalue weighted by atomic mass is 9.90. The molecule has 7 nitrogen and oxygen atoms in total. The van der Waals surface area contributed by atoms with Crippen molar-refractivity contribution in [3.05, 3.63) is 22.7 Å². The van der Waals surface area contributed by atoms with Crippen LogP contribution in [0.15, 0.2) is 17.0 Å². The third kappa shape index (κ3) is 3.76. The first-order valence-electron chi connectivity index (χ1n) is 7.85. The van der Waals surface area contributed by atoms with Crippen LogP contribution in [0.4, 0.5) is 0 Å². The number of amides is 1. The van der Waals surface area contributed by atoms with Gasteiger partial charge in [0.15, 0.2) is 5.75 Å². The Morgan fingerprint density at radius 2 is 2.08 bits per heavy atom. The summed E-state index contributed by atoms with van der Waals surface area (Å²) >= 11 is 6.09. The van der Waals surface area contributed by atoms with Gasteiger partial charge in [-0.05, 0) is 30.5 Å². The number of halogens is 1. The van der Waals surface area contributed by atoms with Crippen LogP contribution in [-0.2, 0) is 10.0 Å². The molecule has 1 aromatic carbocycles. The Labute approximate surface area is 153 Å². The Kier molecular flexibility index (Phi) is 5.68. The minimum atomic E-state index is -3.87. The third-order valence-corrected chi connectivity index (χ3v) is 6.56. The van der Waals surface area contributed by atoms with Gasteiger partial charge >= 0.3 is 0 Å². The third-order valence-electron chi connectivity index (χ3n) is 4.49. The Morgan fingerprint density at radius 1 is 1.44 bits per heavy atom. The normalized spacial score (nSPS) is 21.4. The first-order valence-corrected chi connectivity index (χ1v) is 9.67. The largest absolute Gasteiger partial charge is 0.494 e. The lowest BCUT2D eigenvalue weighted by Gasteiger charge is -2.24. The van der Waals surface area contributed by atoms with Crippen LogP contribution in [0.25, 0.3) is 0 Å². The number of rotatable bonds is 5. The monoisotopic (exact) mass is 389 g/mol. The van der Waals surface area contributed by atoms with Gasteiger partial charge in [0.2, 0.25) is 10.0 Å². The van der Waals surface area contributed by atoms with Crippen molar-refractivity contribution in [2.75, 3.05) is 40.8 Å². The van der Waals surface area contributed by atoms with Gasteiger partial charge in [0.25, 0.3) is 5.91 Å². The van der Waals surface area contributed by atoms with Gasteiger partial charge in [-0.2, -0.15) is 4.31 Å². The average molecular weight is 390 g/mol. The molecule has 1 unspecified atom stereocenters. The van der Waals surface area contributed by atoms with Crippen LogP contribution in [0, 0.1) is 5.41 Å². The van der Waals surface area contributed by atoms with Crippen LogP contribution in [0.5, 0.6) is 5.75 Å². The number of hydrogen-bond donors (Lipinski definition) is 1. The van der Waals surface area contributed by atoms with Crippen molar-refractivity contribution in [1.29, 1.82) is 0 Å². The van der Waals surface area contributed by atoms with E-state index < -0.39 is 10.0 Å². The number of benzene rings is 1. The van der Waals surface area contributed by atoms with E-state index in [0.29, 0.717) is 26.1 Å². The smallest absolute Gasteiger partial charge is 0.257 e. The summed E-state index contributed by atoms with van der Waals surface area (Å²) in [6, 6.07) is 2.73. The molecule has 0 aliphatic carbocycles. The standard InChI is InChI=1S/C16H24ClN3O4S/c1-16(9-18)5-6-20(10-16)25(22,23)13-8-11(17)7-12(14(13)24-4)15(21)19(2)3/h7-8H,5-6,9-10,18H2,1-4H3. The minimum absolute atomic E-state index is 0.00412. The molecule has 0 aromatic heterocycles. The van der Waals surface area contributed by atoms with E-state index in [4.69, 9.17) is 22.1 Å². The zero-order valence-electron chi connectivity index (χ0n) is 14.9. The molecular formula is C16H24ClN3O4S. The molecule has 1 saturated heterocycles. The molecule has 140 valence electrons. The van der Waals surface area contributed by atoms with Crippen LogP contribution >= 0.6 is 11.6 Å². The molecule has 1 heterocycles. The van der Waals surface area contributed by atoms with E-state index in [1.165, 1.54) is 28.4 Å². The van der Waals surface area contributed by atoms with E-state index in [9.17, 15) is 13.2 Å². The zero-order valence-corrected chi connectivity index (χ0v) is 16.4. The van der Waals surface area contributed by atoms with E-state index in [-0.39, 0.29) is 32.6 Å². The molecule has 1 amide bonds. The van der Waals surface area contributed by atoms with Gasteiger partial charge in [-0.1, -0.05) is 18.5 Å². The summed E-state index contributed by atoms with van der Waals surface area (Å²) in [7, 11) is 0.614. The van der Waals surface area contributed by atoms with E-state index in [1.54, 1.807) is 14.1 Å². The molecule has 2 rings (SSSR count). The summed E-state index contributed by atoms with van der Waals surface area (Å²) in [5.41, 5.74) is 5.62. The van der Waals surface area contributed by atoms with Gasteiger partial charge in [0.05, 0.1) is 12.7 Å². The van der Waals surface area contributed by atoms with Crippen LogP contribution in [-0.4, -0.2) is 64.4 Å². The Hall–Kier alpha value is -1.35. The number of carbonyl (C=O) groups is 1. The van der Waals surface area contributed by atoms with Crippen LogP contribution in [0.2, 0.25) is 5.02 Å². The van der Waals surface area contributed by atoms with Gasteiger partial charge in [0, 0.05) is 32.2 Å². The lowest BCUT2D eigenvalue weighted by molar-refractivity contribution is 0.0823. The van der Waals surface area contributed by atoms with Crippen LogP contribution in [0.1, 0.15) is 23.7 Å². The first kappa shape index (κ1) is 20.0. The highest BCUT2D eigenvalue weighted by molar-refractivity contribution is 7.89. The van der Waals surface area contributed by atoms with E-state index >= 15 is 0 Å². The molecule has 2 N–H and O–H groups in total. The maximum atomic E-state index is 13.1. The van der Waals surface area contributed by atoms with Crippen molar-refractivity contribution in [1.82, 2.24) is 9.21 Å². The predicted octanol–water partition coefficient (Wildman–Crippen LogP) is 1.41. The van der Waals surface area contributed by atoms with Gasteiger partial charge in [0.1, 0.15) is 4.90 Å². The first-order chi connectivity index (χ1) is 11.6. The fraction of sp³-hybridized carbons (Fsp3) is 0.562. The molecule has 1 aliphatic heterocycles. The average Bonchev–Trinajstić information content (AvgIpc) is 2.97. The summed E-state index contributed by atoms with van der Waals surface area (Å²) in [6.45, 7) is 3.04. The Morgan fingerprint density at radius 3 is 2.56 bits per heavy atom. The summed E-state index contributed by atoms with van der Waals surface area (Å²) in [4.78, 5) is 13.6. The number of ether oxygens (including phenoxy) is 1. The second-order valence-electron chi connectivity index (χ2n) is 6.79. The van der Waals surface area contributed by atoms with E-state index in [1.807, 2.05) is 6.92 Å². The molecular weight excluding hydrogens is 366 g/mol. The highest BCUT2D eigenvalue weighted by Gasteiger charge is 2.40. The van der Waals surface area contributed by atoms with Gasteiger partial charge in [-0.15, -0.1) is 0 Å². The molecule has 1 atom stereocenters. The maximum Gasteiger partial charge on any atom is 0.257 e. The minimum Gasteiger partial charge on any atom is -0.494 e. The number of sulfonamides is 1. The predicted molar refractivity (Wildman–Crippen MR) is 96.6 cm³/mol. The van der Waals surface area contributed by atoms with E-state index in [2.05, 4.69) is 0 Å². The van der Waals surface area contributed by atoms with Crippen molar-refractivity contribution in [2.45, 2.75) is 18.2 Å². The quantitative estimate of drug-likeness (QED) is 0.821. The molecule has 25 heavy (non-hydrogen) atoms. The van der Waals surface area contributed by atoms with Crippen molar-refractivity contribution < 1.29 is 17.9 Å². The number of methoxy groups -OCH3 is 1. The molecule has 0 radical (unpaired) electrons. The Balaban J connectivity index is 2.57. The van der Waals surface area contributed by atoms with Crippen LogP contribution in [0.3, 0.4) is 0 Å². The van der Waals surface area contributed by atoms with Crippen molar-refractivity contribution >= 4 is 27.5 Å². The highest BCUT2D eigenvalue weighted by Crippen LogP contribution is 2.38. The van der Waals surface area contributed by atoms with Gasteiger partial charge < -0.3 is 15.4 Å². The van der Waals surface area contributed by atoms with Gasteiger partial charge in [-0.25, -0.2) is 8.42 Å². The molecule has 1 aliphatic rings. The second kappa shape index (κ2) is 7.11. The second-order valence-corrected chi connectivity index (χ2v) is 9.13. The molecule has 9 heteroatoms. The Bertz CT molecular complexity index is 782. The SMILES string of the molecule is COc1c(C(=O)N(C)C)cc(Cl)cc1S(=O)(=O)N1CCC(C)(CN)C1. The van der Waals surface area contributed by atoms with Crippen molar-refractivity contribution in [3.8, 4) is 5.75 Å². The summed E-state index contributed by atoms with van der Waals surface area (Å²) in [5, 5.41) is 0.158. The maximum absolute atomic E-state index is 13.1. The fourth-order valence-electron chi connectivity index (χ4n) is 2.86. The van der Waals surface area contributed by atoms with Gasteiger partial charge in [-0.3, -0.25) is 4.79 Å². The molecule has 0 saturated carbocycles. The number of nitrogens with zero attached hydrogens (tertiary/aromatic N) is 2. The topological polar surface area (TPSA) is 92.9 Å². The molecule has 0 bridgehead atoms. The van der Waals surface area contributed by atoms with E-state index in [0.717, 1.165) is 0 Å². The van der Waals surface area contributed by atoms with Crippen molar-refractivity contribution in [3.63, 3.8) is 0 Å². The molecule has 0 spiro atoms. The highest BCUT2D eigenvalue weighted by atomic mass is 35.5. The number of nitrogens with two attached hydrogens (primary N) is 1. The molecule has 1 aromatic rings. The van der Waals surface area contributed by atoms with Crippen molar-refractivity contribution in [2.24, 2.45) is 11.1 Å². The lowest BCUT2D eigenvalue weighted by Crippen LogP contribution is -2.35. The molecule has 1 fully saturated rings. The fourth-order valence-corrected chi connectivity index (χ4v) is 4.94.